The number of nitrogens with zero attached hydrogens (tertiary/aromatic N) is 1. The first-order valence-corrected chi connectivity index (χ1v) is 5.53. The highest BCUT2D eigenvalue weighted by Crippen LogP contribution is 2.07. The standard InChI is InChI=1S/C13H12N2O3/c1-2-10-4-6-11(7-5-10)12(16)14-18-13(17)15-8-3-9-15/h1,4-7H,3,8-9H2,(H,14,16). The van der Waals surface area contributed by atoms with Crippen LogP contribution in [0.1, 0.15) is 22.3 Å². The van der Waals surface area contributed by atoms with E-state index in [-0.39, 0.29) is 0 Å². The van der Waals surface area contributed by atoms with Gasteiger partial charge in [-0.2, -0.15) is 5.48 Å². The number of carbonyl (C=O) groups excluding carboxylic acids is 2. The Morgan fingerprint density at radius 2 is 1.94 bits per heavy atom. The highest BCUT2D eigenvalue weighted by Gasteiger charge is 2.22. The Kier molecular flexibility index (Phi) is 3.49. The predicted molar refractivity (Wildman–Crippen MR) is 64.5 cm³/mol. The number of hydrogen-bond acceptors (Lipinski definition) is 3. The average Bonchev–Trinajstić information content (AvgIpc) is 2.34. The number of benzene rings is 1. The van der Waals surface area contributed by atoms with Gasteiger partial charge in [-0.1, -0.05) is 5.92 Å². The van der Waals surface area contributed by atoms with Crippen LogP contribution in [0.3, 0.4) is 0 Å². The number of carbonyl (C=O) groups is 2. The van der Waals surface area contributed by atoms with Crippen LogP contribution >= 0.6 is 0 Å². The zero-order chi connectivity index (χ0) is 13.0. The molecule has 92 valence electrons. The van der Waals surface area contributed by atoms with Crippen LogP contribution in [0, 0.1) is 12.3 Å². The lowest BCUT2D eigenvalue weighted by molar-refractivity contribution is 0.0327. The quantitative estimate of drug-likeness (QED) is 0.595. The number of amides is 2. The minimum atomic E-state index is -0.533. The third kappa shape index (κ3) is 2.61. The van der Waals surface area contributed by atoms with Gasteiger partial charge in [-0.05, 0) is 30.7 Å². The maximum Gasteiger partial charge on any atom is 0.434 e. The van der Waals surface area contributed by atoms with Crippen LogP contribution in [0.4, 0.5) is 4.79 Å². The molecule has 2 rings (SSSR count). The van der Waals surface area contributed by atoms with Gasteiger partial charge >= 0.3 is 6.09 Å². The Balaban J connectivity index is 1.87. The van der Waals surface area contributed by atoms with E-state index in [4.69, 9.17) is 6.42 Å². The van der Waals surface area contributed by atoms with Crippen molar-refractivity contribution in [3.63, 3.8) is 0 Å². The lowest BCUT2D eigenvalue weighted by atomic mass is 10.1. The summed E-state index contributed by atoms with van der Waals surface area (Å²) < 4.78 is 0. The van der Waals surface area contributed by atoms with Gasteiger partial charge in [0.2, 0.25) is 0 Å². The summed E-state index contributed by atoms with van der Waals surface area (Å²) in [6.07, 6.45) is 5.64. The smallest absolute Gasteiger partial charge is 0.321 e. The van der Waals surface area contributed by atoms with Crippen molar-refractivity contribution in [1.29, 1.82) is 0 Å². The third-order valence-electron chi connectivity index (χ3n) is 2.66. The van der Waals surface area contributed by atoms with Crippen molar-refractivity contribution in [2.45, 2.75) is 6.42 Å². The van der Waals surface area contributed by atoms with Crippen molar-refractivity contribution in [3.05, 3.63) is 35.4 Å². The van der Waals surface area contributed by atoms with Crippen LogP contribution in [0.25, 0.3) is 0 Å². The van der Waals surface area contributed by atoms with E-state index in [1.165, 1.54) is 4.90 Å². The van der Waals surface area contributed by atoms with Crippen molar-refractivity contribution in [2.24, 2.45) is 0 Å². The molecule has 1 aromatic carbocycles. The second-order valence-electron chi connectivity index (χ2n) is 3.86. The fraction of sp³-hybridized carbons (Fsp3) is 0.231. The molecule has 1 aromatic rings. The van der Waals surface area contributed by atoms with Gasteiger partial charge in [0.25, 0.3) is 5.91 Å². The van der Waals surface area contributed by atoms with E-state index < -0.39 is 12.0 Å². The SMILES string of the molecule is C#Cc1ccc(C(=O)NOC(=O)N2CCC2)cc1. The highest BCUT2D eigenvalue weighted by atomic mass is 16.7. The first-order chi connectivity index (χ1) is 8.70. The minimum Gasteiger partial charge on any atom is -0.321 e. The van der Waals surface area contributed by atoms with Crippen LogP contribution in [0.5, 0.6) is 0 Å². The summed E-state index contributed by atoms with van der Waals surface area (Å²) >= 11 is 0. The molecule has 1 aliphatic heterocycles. The molecule has 0 aliphatic carbocycles. The van der Waals surface area contributed by atoms with Gasteiger partial charge < -0.3 is 9.74 Å². The number of terminal acetylenes is 1. The summed E-state index contributed by atoms with van der Waals surface area (Å²) in [5, 5.41) is 0. The molecule has 2 amide bonds. The van der Waals surface area contributed by atoms with E-state index in [1.54, 1.807) is 24.3 Å². The Bertz CT molecular complexity index is 498. The molecular formula is C13H12N2O3. The topological polar surface area (TPSA) is 58.6 Å². The fourth-order valence-electron chi connectivity index (χ4n) is 1.43. The molecule has 5 heteroatoms. The van der Waals surface area contributed by atoms with Crippen molar-refractivity contribution in [1.82, 2.24) is 10.4 Å². The average molecular weight is 244 g/mol. The summed E-state index contributed by atoms with van der Waals surface area (Å²) in [5.41, 5.74) is 3.17. The molecule has 1 fully saturated rings. The molecule has 0 saturated carbocycles. The Morgan fingerprint density at radius 3 is 2.44 bits per heavy atom. The minimum absolute atomic E-state index is 0.380. The molecule has 0 spiro atoms. The largest absolute Gasteiger partial charge is 0.434 e. The maximum atomic E-state index is 11.6. The molecule has 0 radical (unpaired) electrons. The molecule has 1 heterocycles. The normalized spacial score (nSPS) is 13.2. The Labute approximate surface area is 105 Å². The predicted octanol–water partition coefficient (Wildman–Crippen LogP) is 1.16. The fourth-order valence-corrected chi connectivity index (χ4v) is 1.43. The Hall–Kier alpha value is -2.48. The first-order valence-electron chi connectivity index (χ1n) is 5.53. The number of hydroxylamine groups is 1. The number of nitrogens with one attached hydrogen (secondary N) is 1. The third-order valence-corrected chi connectivity index (χ3v) is 2.66. The molecule has 0 atom stereocenters. The van der Waals surface area contributed by atoms with Crippen molar-refractivity contribution < 1.29 is 14.4 Å². The molecule has 5 nitrogen and oxygen atoms in total. The second-order valence-corrected chi connectivity index (χ2v) is 3.86. The van der Waals surface area contributed by atoms with Gasteiger partial charge in [0.05, 0.1) is 0 Å². The molecule has 1 aliphatic rings. The first kappa shape index (κ1) is 12.0. The molecular weight excluding hydrogens is 232 g/mol. The molecule has 1 N–H and O–H groups in total. The number of rotatable bonds is 1. The van der Waals surface area contributed by atoms with E-state index >= 15 is 0 Å². The van der Waals surface area contributed by atoms with Gasteiger partial charge in [-0.25, -0.2) is 4.79 Å². The second kappa shape index (κ2) is 5.23. The van der Waals surface area contributed by atoms with E-state index in [0.29, 0.717) is 24.2 Å². The van der Waals surface area contributed by atoms with Crippen molar-refractivity contribution in [3.8, 4) is 12.3 Å². The van der Waals surface area contributed by atoms with E-state index in [1.807, 2.05) is 0 Å². The van der Waals surface area contributed by atoms with Gasteiger partial charge in [0, 0.05) is 24.2 Å². The highest BCUT2D eigenvalue weighted by molar-refractivity contribution is 5.94. The lowest BCUT2D eigenvalue weighted by Gasteiger charge is -2.29. The Morgan fingerprint density at radius 1 is 1.28 bits per heavy atom. The van der Waals surface area contributed by atoms with Gasteiger partial charge in [-0.3, -0.25) is 4.79 Å². The number of hydrogen-bond donors (Lipinski definition) is 1. The van der Waals surface area contributed by atoms with E-state index in [0.717, 1.165) is 6.42 Å². The van der Waals surface area contributed by atoms with Crippen LogP contribution in [0.15, 0.2) is 24.3 Å². The molecule has 0 unspecified atom stereocenters. The number of likely N-dealkylation sites (tertiary alicyclic amines) is 1. The zero-order valence-electron chi connectivity index (χ0n) is 9.68. The summed E-state index contributed by atoms with van der Waals surface area (Å²) in [6.45, 7) is 1.34. The van der Waals surface area contributed by atoms with E-state index in [2.05, 4.69) is 16.2 Å². The van der Waals surface area contributed by atoms with Crippen molar-refractivity contribution in [2.75, 3.05) is 13.1 Å². The summed E-state index contributed by atoms with van der Waals surface area (Å²) in [6, 6.07) is 6.43. The van der Waals surface area contributed by atoms with Gasteiger partial charge in [0.15, 0.2) is 0 Å². The summed E-state index contributed by atoms with van der Waals surface area (Å²) in [7, 11) is 0. The summed E-state index contributed by atoms with van der Waals surface area (Å²) in [5.74, 6) is 1.97. The van der Waals surface area contributed by atoms with E-state index in [9.17, 15) is 9.59 Å². The van der Waals surface area contributed by atoms with Gasteiger partial charge in [-0.15, -0.1) is 6.42 Å². The molecule has 0 aromatic heterocycles. The molecule has 1 saturated heterocycles. The molecule has 18 heavy (non-hydrogen) atoms. The van der Waals surface area contributed by atoms with Crippen LogP contribution in [0.2, 0.25) is 0 Å². The molecule has 0 bridgehead atoms. The zero-order valence-corrected chi connectivity index (χ0v) is 9.68. The van der Waals surface area contributed by atoms with Crippen LogP contribution < -0.4 is 5.48 Å². The summed E-state index contributed by atoms with van der Waals surface area (Å²) in [4.78, 5) is 29.1. The monoisotopic (exact) mass is 244 g/mol. The van der Waals surface area contributed by atoms with Gasteiger partial charge in [0.1, 0.15) is 0 Å². The van der Waals surface area contributed by atoms with Crippen LogP contribution in [-0.2, 0) is 4.84 Å². The van der Waals surface area contributed by atoms with Crippen LogP contribution in [-0.4, -0.2) is 30.0 Å². The van der Waals surface area contributed by atoms with Crippen molar-refractivity contribution >= 4 is 12.0 Å². The maximum absolute atomic E-state index is 11.6. The lowest BCUT2D eigenvalue weighted by Crippen LogP contribution is -2.45.